The molecule has 0 aromatic heterocycles. The third kappa shape index (κ3) is 2.19. The zero-order valence-corrected chi connectivity index (χ0v) is 13.6. The molecule has 4 nitrogen and oxygen atoms in total. The van der Waals surface area contributed by atoms with Crippen molar-refractivity contribution in [3.05, 3.63) is 11.1 Å². The number of carboxylic acids is 2. The number of carboxylic acid groups (broad SMARTS) is 2. The predicted octanol–water partition coefficient (Wildman–Crippen LogP) is 3.57. The van der Waals surface area contributed by atoms with E-state index in [1.54, 1.807) is 0 Å². The molecule has 0 aromatic carbocycles. The molecule has 0 fully saturated rings. The molecule has 2 aliphatic rings. The highest BCUT2D eigenvalue weighted by Gasteiger charge is 2.55. The SMILES string of the molecule is CC1C(C)(C)C2=C(C(C(C(=O)O)C(=O)O)CCC2)C1(C)C. The van der Waals surface area contributed by atoms with Crippen LogP contribution >= 0.6 is 0 Å². The number of allylic oxidation sites excluding steroid dienone is 2. The van der Waals surface area contributed by atoms with Crippen LogP contribution in [0.15, 0.2) is 11.1 Å². The maximum Gasteiger partial charge on any atom is 0.318 e. The first-order valence-corrected chi connectivity index (χ1v) is 7.72. The van der Waals surface area contributed by atoms with Gasteiger partial charge in [-0.25, -0.2) is 0 Å². The van der Waals surface area contributed by atoms with Gasteiger partial charge in [-0.2, -0.15) is 0 Å². The number of carbonyl (C=O) groups is 2. The van der Waals surface area contributed by atoms with Crippen molar-refractivity contribution in [3.8, 4) is 0 Å². The lowest BCUT2D eigenvalue weighted by Crippen LogP contribution is -2.37. The van der Waals surface area contributed by atoms with E-state index in [1.807, 2.05) is 0 Å². The van der Waals surface area contributed by atoms with Gasteiger partial charge in [-0.1, -0.05) is 45.8 Å². The van der Waals surface area contributed by atoms with Gasteiger partial charge in [0.05, 0.1) is 0 Å². The average molecular weight is 294 g/mol. The van der Waals surface area contributed by atoms with Crippen LogP contribution in [0.3, 0.4) is 0 Å². The summed E-state index contributed by atoms with van der Waals surface area (Å²) in [4.78, 5) is 23.0. The quantitative estimate of drug-likeness (QED) is 0.616. The Morgan fingerprint density at radius 2 is 1.62 bits per heavy atom. The van der Waals surface area contributed by atoms with Crippen LogP contribution in [0, 0.1) is 28.6 Å². The van der Waals surface area contributed by atoms with E-state index in [0.717, 1.165) is 18.4 Å². The highest BCUT2D eigenvalue weighted by Crippen LogP contribution is 2.63. The Morgan fingerprint density at radius 3 is 2.10 bits per heavy atom. The van der Waals surface area contributed by atoms with Gasteiger partial charge in [0.2, 0.25) is 0 Å². The van der Waals surface area contributed by atoms with Gasteiger partial charge in [-0.05, 0) is 36.0 Å². The Balaban J connectivity index is 2.58. The second-order valence-electron chi connectivity index (χ2n) is 7.71. The maximum atomic E-state index is 11.5. The van der Waals surface area contributed by atoms with Gasteiger partial charge in [0.1, 0.15) is 0 Å². The summed E-state index contributed by atoms with van der Waals surface area (Å²) >= 11 is 0. The summed E-state index contributed by atoms with van der Waals surface area (Å²) in [7, 11) is 0. The molecule has 0 radical (unpaired) electrons. The molecule has 2 unspecified atom stereocenters. The molecule has 0 spiro atoms. The molecular weight excluding hydrogens is 268 g/mol. The fourth-order valence-corrected chi connectivity index (χ4v) is 4.72. The van der Waals surface area contributed by atoms with Crippen LogP contribution in [0.1, 0.15) is 53.9 Å². The van der Waals surface area contributed by atoms with E-state index in [0.29, 0.717) is 12.3 Å². The molecule has 2 atom stereocenters. The normalized spacial score (nSPS) is 30.4. The number of rotatable bonds is 3. The van der Waals surface area contributed by atoms with Gasteiger partial charge < -0.3 is 10.2 Å². The smallest absolute Gasteiger partial charge is 0.318 e. The Bertz CT molecular complexity index is 499. The maximum absolute atomic E-state index is 11.5. The van der Waals surface area contributed by atoms with E-state index in [-0.39, 0.29) is 16.7 Å². The number of hydrogen-bond donors (Lipinski definition) is 2. The first-order valence-electron chi connectivity index (χ1n) is 7.72. The van der Waals surface area contributed by atoms with Crippen molar-refractivity contribution in [1.29, 1.82) is 0 Å². The molecular formula is C17H26O4. The topological polar surface area (TPSA) is 74.6 Å². The summed E-state index contributed by atoms with van der Waals surface area (Å²) in [6, 6.07) is 0. The summed E-state index contributed by atoms with van der Waals surface area (Å²) in [6.45, 7) is 10.9. The first kappa shape index (κ1) is 16.1. The van der Waals surface area contributed by atoms with Crippen molar-refractivity contribution in [1.82, 2.24) is 0 Å². The third-order valence-corrected chi connectivity index (χ3v) is 6.21. The highest BCUT2D eigenvalue weighted by atomic mass is 16.4. The second-order valence-corrected chi connectivity index (χ2v) is 7.71. The molecule has 0 saturated carbocycles. The molecule has 118 valence electrons. The van der Waals surface area contributed by atoms with Crippen molar-refractivity contribution in [2.24, 2.45) is 28.6 Å². The minimum atomic E-state index is -1.32. The van der Waals surface area contributed by atoms with E-state index in [2.05, 4.69) is 34.6 Å². The van der Waals surface area contributed by atoms with Crippen molar-refractivity contribution in [2.45, 2.75) is 53.9 Å². The standard InChI is InChI=1S/C17H26O4/c1-9-16(2,3)11-8-6-7-10(13(11)17(9,4)5)12(14(18)19)15(20)21/h9-10,12H,6-8H2,1-5H3,(H,18,19)(H,20,21). The molecule has 0 saturated heterocycles. The summed E-state index contributed by atoms with van der Waals surface area (Å²) in [5.41, 5.74) is 2.29. The monoisotopic (exact) mass is 294 g/mol. The summed E-state index contributed by atoms with van der Waals surface area (Å²) in [6.07, 6.45) is 2.51. The van der Waals surface area contributed by atoms with E-state index in [9.17, 15) is 19.8 Å². The summed E-state index contributed by atoms with van der Waals surface area (Å²) in [5.74, 6) is -3.75. The third-order valence-electron chi connectivity index (χ3n) is 6.21. The van der Waals surface area contributed by atoms with Crippen LogP contribution in [0.5, 0.6) is 0 Å². The molecule has 2 rings (SSSR count). The molecule has 4 heteroatoms. The fraction of sp³-hybridized carbons (Fsp3) is 0.765. The van der Waals surface area contributed by atoms with Crippen LogP contribution in [-0.2, 0) is 9.59 Å². The van der Waals surface area contributed by atoms with E-state index in [1.165, 1.54) is 5.57 Å². The molecule has 21 heavy (non-hydrogen) atoms. The average Bonchev–Trinajstić information content (AvgIpc) is 2.48. The highest BCUT2D eigenvalue weighted by molar-refractivity contribution is 5.93. The zero-order valence-electron chi connectivity index (χ0n) is 13.6. The Kier molecular flexibility index (Phi) is 3.71. The van der Waals surface area contributed by atoms with Gasteiger partial charge in [-0.15, -0.1) is 0 Å². The summed E-state index contributed by atoms with van der Waals surface area (Å²) in [5, 5.41) is 18.8. The van der Waals surface area contributed by atoms with Crippen LogP contribution in [0.4, 0.5) is 0 Å². The lowest BCUT2D eigenvalue weighted by Gasteiger charge is -2.37. The van der Waals surface area contributed by atoms with Crippen LogP contribution in [0.2, 0.25) is 0 Å². The largest absolute Gasteiger partial charge is 0.481 e. The Hall–Kier alpha value is -1.32. The van der Waals surface area contributed by atoms with Crippen molar-refractivity contribution in [2.75, 3.05) is 0 Å². The molecule has 0 heterocycles. The minimum Gasteiger partial charge on any atom is -0.481 e. The number of aliphatic carboxylic acids is 2. The molecule has 2 N–H and O–H groups in total. The van der Waals surface area contributed by atoms with E-state index in [4.69, 9.17) is 0 Å². The van der Waals surface area contributed by atoms with E-state index < -0.39 is 17.9 Å². The van der Waals surface area contributed by atoms with E-state index >= 15 is 0 Å². The summed E-state index contributed by atoms with van der Waals surface area (Å²) < 4.78 is 0. The van der Waals surface area contributed by atoms with Crippen LogP contribution < -0.4 is 0 Å². The lowest BCUT2D eigenvalue weighted by atomic mass is 9.66. The fourth-order valence-electron chi connectivity index (χ4n) is 4.72. The first-order chi connectivity index (χ1) is 9.52. The molecule has 2 aliphatic carbocycles. The molecule has 0 aromatic rings. The van der Waals surface area contributed by atoms with Crippen molar-refractivity contribution >= 4 is 11.9 Å². The van der Waals surface area contributed by atoms with Gasteiger partial charge in [0.15, 0.2) is 5.92 Å². The molecule has 0 bridgehead atoms. The van der Waals surface area contributed by atoms with Crippen molar-refractivity contribution in [3.63, 3.8) is 0 Å². The Labute approximate surface area is 126 Å². The van der Waals surface area contributed by atoms with Crippen molar-refractivity contribution < 1.29 is 19.8 Å². The predicted molar refractivity (Wildman–Crippen MR) is 79.9 cm³/mol. The van der Waals surface area contributed by atoms with Gasteiger partial charge in [0.25, 0.3) is 0 Å². The Morgan fingerprint density at radius 1 is 1.10 bits per heavy atom. The van der Waals surface area contributed by atoms with Crippen LogP contribution in [0.25, 0.3) is 0 Å². The van der Waals surface area contributed by atoms with Gasteiger partial charge >= 0.3 is 11.9 Å². The molecule has 0 amide bonds. The second kappa shape index (κ2) is 4.85. The number of hydrogen-bond acceptors (Lipinski definition) is 2. The minimum absolute atomic E-state index is 0.0130. The van der Waals surface area contributed by atoms with Gasteiger partial charge in [0, 0.05) is 5.92 Å². The van der Waals surface area contributed by atoms with Gasteiger partial charge in [-0.3, -0.25) is 9.59 Å². The molecule has 0 aliphatic heterocycles. The van der Waals surface area contributed by atoms with Crippen LogP contribution in [-0.4, -0.2) is 22.2 Å². The zero-order chi connectivity index (χ0) is 16.2. The lowest BCUT2D eigenvalue weighted by molar-refractivity contribution is -0.157.